The van der Waals surface area contributed by atoms with Gasteiger partial charge in [-0.05, 0) is 38.8 Å². The number of thioether (sulfide) groups is 1. The molecule has 1 aliphatic heterocycles. The molecule has 6 nitrogen and oxygen atoms in total. The predicted molar refractivity (Wildman–Crippen MR) is 102 cm³/mol. The zero-order chi connectivity index (χ0) is 18.7. The third-order valence-corrected chi connectivity index (χ3v) is 5.93. The first-order valence-corrected chi connectivity index (χ1v) is 9.92. The molecule has 2 heterocycles. The number of amides is 1. The number of esters is 1. The van der Waals surface area contributed by atoms with Gasteiger partial charge < -0.3 is 14.2 Å². The van der Waals surface area contributed by atoms with Crippen molar-refractivity contribution in [3.8, 4) is 0 Å². The minimum atomic E-state index is -0.218. The number of carbonyl (C=O) groups excluding carboxylic acids is 2. The lowest BCUT2D eigenvalue weighted by atomic mass is 9.97. The molecule has 1 atom stereocenters. The van der Waals surface area contributed by atoms with Crippen molar-refractivity contribution in [2.45, 2.75) is 37.1 Å². The fourth-order valence-corrected chi connectivity index (χ4v) is 4.26. The Kier molecular flexibility index (Phi) is 5.86. The number of hydrogen-bond acceptors (Lipinski definition) is 5. The number of aromatic nitrogens is 2. The van der Waals surface area contributed by atoms with Crippen molar-refractivity contribution in [3.63, 3.8) is 0 Å². The Morgan fingerprint density at radius 3 is 2.65 bits per heavy atom. The summed E-state index contributed by atoms with van der Waals surface area (Å²) in [7, 11) is 1.97. The minimum Gasteiger partial charge on any atom is -0.466 e. The van der Waals surface area contributed by atoms with E-state index in [1.807, 2.05) is 54.6 Å². The summed E-state index contributed by atoms with van der Waals surface area (Å²) in [6.07, 6.45) is 1.35. The molecule has 140 valence electrons. The summed E-state index contributed by atoms with van der Waals surface area (Å²) in [5.41, 5.74) is 2.00. The molecule has 0 spiro atoms. The Labute approximate surface area is 157 Å². The second-order valence-electron chi connectivity index (χ2n) is 6.55. The second kappa shape index (κ2) is 8.12. The highest BCUT2D eigenvalue weighted by atomic mass is 32.2. The topological polar surface area (TPSA) is 64.4 Å². The molecule has 7 heteroatoms. The normalized spacial score (nSPS) is 16.7. The summed E-state index contributed by atoms with van der Waals surface area (Å²) >= 11 is 1.48. The molecule has 1 fully saturated rings. The molecule has 3 rings (SSSR count). The van der Waals surface area contributed by atoms with Gasteiger partial charge in [0.1, 0.15) is 0 Å². The summed E-state index contributed by atoms with van der Waals surface area (Å²) in [6, 6.07) is 7.96. The molecule has 1 unspecified atom stereocenters. The first-order valence-electron chi connectivity index (χ1n) is 9.04. The summed E-state index contributed by atoms with van der Waals surface area (Å²) < 4.78 is 7.11. The fourth-order valence-electron chi connectivity index (χ4n) is 3.29. The van der Waals surface area contributed by atoms with E-state index in [0.717, 1.165) is 16.2 Å². The maximum absolute atomic E-state index is 12.8. The van der Waals surface area contributed by atoms with Crippen molar-refractivity contribution in [3.05, 3.63) is 24.3 Å². The number of likely N-dealkylation sites (tertiary alicyclic amines) is 1. The number of benzene rings is 1. The molecule has 1 saturated heterocycles. The average Bonchev–Trinajstić information content (AvgIpc) is 2.97. The molecule has 1 aromatic carbocycles. The molecule has 26 heavy (non-hydrogen) atoms. The summed E-state index contributed by atoms with van der Waals surface area (Å²) in [5, 5.41) is 0.623. The number of hydrogen-bond donors (Lipinski definition) is 0. The van der Waals surface area contributed by atoms with Gasteiger partial charge in [-0.1, -0.05) is 23.9 Å². The van der Waals surface area contributed by atoms with Crippen molar-refractivity contribution >= 4 is 34.7 Å². The van der Waals surface area contributed by atoms with Crippen molar-refractivity contribution in [2.24, 2.45) is 13.0 Å². The molecule has 1 aliphatic rings. The smallest absolute Gasteiger partial charge is 0.309 e. The number of fused-ring (bicyclic) bond motifs is 1. The van der Waals surface area contributed by atoms with Gasteiger partial charge in [0, 0.05) is 20.1 Å². The van der Waals surface area contributed by atoms with E-state index in [-0.39, 0.29) is 23.0 Å². The van der Waals surface area contributed by atoms with E-state index < -0.39 is 0 Å². The van der Waals surface area contributed by atoms with E-state index in [0.29, 0.717) is 32.5 Å². The molecular formula is C19H25N3O3S. The van der Waals surface area contributed by atoms with Crippen LogP contribution in [0.3, 0.4) is 0 Å². The molecule has 0 saturated carbocycles. The van der Waals surface area contributed by atoms with Gasteiger partial charge in [-0.2, -0.15) is 0 Å². The number of para-hydroxylation sites is 2. The van der Waals surface area contributed by atoms with Gasteiger partial charge in [0.05, 0.1) is 28.8 Å². The van der Waals surface area contributed by atoms with Crippen LogP contribution in [-0.4, -0.2) is 51.3 Å². The minimum absolute atomic E-state index is 0.0817. The predicted octanol–water partition coefficient (Wildman–Crippen LogP) is 2.86. The molecule has 0 aliphatic carbocycles. The first kappa shape index (κ1) is 18.8. The Morgan fingerprint density at radius 1 is 1.31 bits per heavy atom. The van der Waals surface area contributed by atoms with Crippen LogP contribution in [0.5, 0.6) is 0 Å². The van der Waals surface area contributed by atoms with Gasteiger partial charge in [0.25, 0.3) is 0 Å². The third kappa shape index (κ3) is 3.87. The molecule has 1 aromatic heterocycles. The number of imidazole rings is 1. The van der Waals surface area contributed by atoms with E-state index >= 15 is 0 Å². The van der Waals surface area contributed by atoms with Gasteiger partial charge in [-0.25, -0.2) is 4.98 Å². The number of aryl methyl sites for hydroxylation is 1. The first-order chi connectivity index (χ1) is 12.5. The fraction of sp³-hybridized carbons (Fsp3) is 0.526. The van der Waals surface area contributed by atoms with Crippen molar-refractivity contribution < 1.29 is 14.3 Å². The zero-order valence-corrected chi connectivity index (χ0v) is 16.3. The van der Waals surface area contributed by atoms with Crippen molar-refractivity contribution in [2.75, 3.05) is 19.7 Å². The van der Waals surface area contributed by atoms with Gasteiger partial charge >= 0.3 is 5.97 Å². The molecular weight excluding hydrogens is 350 g/mol. The van der Waals surface area contributed by atoms with Crippen LogP contribution in [0.4, 0.5) is 0 Å². The molecule has 0 N–H and O–H groups in total. The SMILES string of the molecule is CCOC(=O)C1CCN(C(=O)C(C)Sc2nc3ccccc3n2C)CC1. The van der Waals surface area contributed by atoms with Gasteiger partial charge in [0.2, 0.25) is 5.91 Å². The van der Waals surface area contributed by atoms with E-state index in [9.17, 15) is 9.59 Å². The van der Waals surface area contributed by atoms with Crippen LogP contribution in [0.15, 0.2) is 29.4 Å². The zero-order valence-electron chi connectivity index (χ0n) is 15.5. The van der Waals surface area contributed by atoms with E-state index in [2.05, 4.69) is 4.98 Å². The number of nitrogens with zero attached hydrogens (tertiary/aromatic N) is 3. The second-order valence-corrected chi connectivity index (χ2v) is 7.86. The largest absolute Gasteiger partial charge is 0.466 e. The lowest BCUT2D eigenvalue weighted by molar-refractivity contribution is -0.151. The standard InChI is InChI=1S/C19H25N3O3S/c1-4-25-18(24)14-9-11-22(12-10-14)17(23)13(2)26-19-20-15-7-5-6-8-16(15)21(19)3/h5-8,13-14H,4,9-12H2,1-3H3. The van der Waals surface area contributed by atoms with Crippen LogP contribution in [0.25, 0.3) is 11.0 Å². The maximum atomic E-state index is 12.8. The van der Waals surface area contributed by atoms with Crippen LogP contribution in [-0.2, 0) is 21.4 Å². The number of carbonyl (C=O) groups is 2. The highest BCUT2D eigenvalue weighted by Crippen LogP contribution is 2.28. The van der Waals surface area contributed by atoms with Gasteiger partial charge in [-0.3, -0.25) is 9.59 Å². The number of rotatable bonds is 5. The lowest BCUT2D eigenvalue weighted by Gasteiger charge is -2.32. The van der Waals surface area contributed by atoms with Crippen LogP contribution < -0.4 is 0 Å². The summed E-state index contributed by atoms with van der Waals surface area (Å²) in [6.45, 7) is 5.36. The van der Waals surface area contributed by atoms with E-state index in [1.165, 1.54) is 11.8 Å². The quantitative estimate of drug-likeness (QED) is 0.594. The Balaban J connectivity index is 1.60. The lowest BCUT2D eigenvalue weighted by Crippen LogP contribution is -2.43. The molecule has 2 aromatic rings. The van der Waals surface area contributed by atoms with Crippen LogP contribution in [0, 0.1) is 5.92 Å². The molecule has 0 bridgehead atoms. The van der Waals surface area contributed by atoms with Crippen LogP contribution >= 0.6 is 11.8 Å². The Morgan fingerprint density at radius 2 is 2.00 bits per heavy atom. The average molecular weight is 375 g/mol. The van der Waals surface area contributed by atoms with Crippen LogP contribution in [0.2, 0.25) is 0 Å². The Hall–Kier alpha value is -2.02. The maximum Gasteiger partial charge on any atom is 0.309 e. The van der Waals surface area contributed by atoms with Crippen molar-refractivity contribution in [1.82, 2.24) is 14.5 Å². The van der Waals surface area contributed by atoms with Gasteiger partial charge in [0.15, 0.2) is 5.16 Å². The number of piperidine rings is 1. The molecule has 1 amide bonds. The Bertz CT molecular complexity index is 796. The van der Waals surface area contributed by atoms with E-state index in [1.54, 1.807) is 0 Å². The van der Waals surface area contributed by atoms with Crippen LogP contribution in [0.1, 0.15) is 26.7 Å². The summed E-state index contributed by atoms with van der Waals surface area (Å²) in [4.78, 5) is 31.1. The highest BCUT2D eigenvalue weighted by molar-refractivity contribution is 8.00. The van der Waals surface area contributed by atoms with Crippen molar-refractivity contribution in [1.29, 1.82) is 0 Å². The number of ether oxygens (including phenoxy) is 1. The van der Waals surface area contributed by atoms with Gasteiger partial charge in [-0.15, -0.1) is 0 Å². The van der Waals surface area contributed by atoms with E-state index in [4.69, 9.17) is 4.74 Å². The highest BCUT2D eigenvalue weighted by Gasteiger charge is 2.30. The third-order valence-electron chi connectivity index (χ3n) is 4.80. The molecule has 0 radical (unpaired) electrons. The monoisotopic (exact) mass is 375 g/mol. The summed E-state index contributed by atoms with van der Waals surface area (Å²) in [5.74, 6) is -0.118.